The van der Waals surface area contributed by atoms with Crippen LogP contribution in [0, 0.1) is 0 Å². The van der Waals surface area contributed by atoms with Gasteiger partial charge >= 0.3 is 0 Å². The van der Waals surface area contributed by atoms with E-state index in [1.54, 1.807) is 48.4 Å². The molecule has 1 aromatic heterocycles. The smallest absolute Gasteiger partial charge is 0.295 e. The third kappa shape index (κ3) is 4.06. The van der Waals surface area contributed by atoms with Crippen LogP contribution in [0.3, 0.4) is 0 Å². The maximum atomic E-state index is 13.8. The molecule has 176 valence electrons. The molecular formula is C27H19Br2NO5. The van der Waals surface area contributed by atoms with Crippen molar-refractivity contribution in [2.75, 3.05) is 18.6 Å². The summed E-state index contributed by atoms with van der Waals surface area (Å²) in [6, 6.07) is 17.2. The van der Waals surface area contributed by atoms with E-state index >= 15 is 0 Å². The highest BCUT2D eigenvalue weighted by Gasteiger charge is 2.44. The average Bonchev–Trinajstić information content (AvgIpc) is 3.15. The first-order valence-corrected chi connectivity index (χ1v) is 12.3. The zero-order chi connectivity index (χ0) is 24.7. The molecule has 0 saturated carbocycles. The monoisotopic (exact) mass is 595 g/mol. The number of benzene rings is 3. The van der Waals surface area contributed by atoms with Gasteiger partial charge in [0.2, 0.25) is 5.76 Å². The van der Waals surface area contributed by atoms with Crippen molar-refractivity contribution >= 4 is 54.4 Å². The van der Waals surface area contributed by atoms with E-state index in [4.69, 9.17) is 13.9 Å². The van der Waals surface area contributed by atoms with Crippen LogP contribution in [0.25, 0.3) is 11.0 Å². The van der Waals surface area contributed by atoms with Gasteiger partial charge in [-0.2, -0.15) is 0 Å². The van der Waals surface area contributed by atoms with Crippen LogP contribution in [0.1, 0.15) is 27.7 Å². The summed E-state index contributed by atoms with van der Waals surface area (Å²) in [5.74, 6) is 0.647. The number of carbonyl (C=O) groups excluding carboxylic acids is 1. The summed E-state index contributed by atoms with van der Waals surface area (Å²) >= 11 is 6.90. The maximum Gasteiger partial charge on any atom is 0.295 e. The lowest BCUT2D eigenvalue weighted by atomic mass is 9.97. The summed E-state index contributed by atoms with van der Waals surface area (Å²) in [6.45, 7) is 3.99. The van der Waals surface area contributed by atoms with Crippen molar-refractivity contribution < 1.29 is 18.7 Å². The first-order valence-electron chi connectivity index (χ1n) is 10.7. The Hall–Kier alpha value is -3.36. The lowest BCUT2D eigenvalue weighted by molar-refractivity contribution is 0.0971. The van der Waals surface area contributed by atoms with Crippen molar-refractivity contribution in [1.82, 2.24) is 0 Å². The second kappa shape index (κ2) is 9.36. The summed E-state index contributed by atoms with van der Waals surface area (Å²) in [5, 5.41) is 0.393. The van der Waals surface area contributed by atoms with Gasteiger partial charge in [-0.05, 0) is 54.1 Å². The van der Waals surface area contributed by atoms with Gasteiger partial charge in [0.1, 0.15) is 12.2 Å². The lowest BCUT2D eigenvalue weighted by Crippen LogP contribution is -2.29. The largest absolute Gasteiger partial charge is 0.493 e. The molecule has 1 amide bonds. The number of ether oxygens (including phenoxy) is 2. The predicted molar refractivity (Wildman–Crippen MR) is 142 cm³/mol. The minimum absolute atomic E-state index is 0.0285. The molecule has 5 rings (SSSR count). The number of nitrogens with zero attached hydrogens (tertiary/aromatic N) is 1. The van der Waals surface area contributed by atoms with E-state index in [9.17, 15) is 9.59 Å². The highest BCUT2D eigenvalue weighted by atomic mass is 79.9. The number of hydrogen-bond acceptors (Lipinski definition) is 5. The fraction of sp³-hybridized carbons (Fsp3) is 0.111. The quantitative estimate of drug-likeness (QED) is 0.233. The van der Waals surface area contributed by atoms with Gasteiger partial charge in [0.25, 0.3) is 5.91 Å². The molecule has 6 nitrogen and oxygen atoms in total. The minimum atomic E-state index is -0.728. The molecule has 0 spiro atoms. The minimum Gasteiger partial charge on any atom is -0.493 e. The molecule has 3 aromatic carbocycles. The molecule has 4 aromatic rings. The molecular weight excluding hydrogens is 578 g/mol. The molecule has 0 N–H and O–H groups in total. The second-order valence-electron chi connectivity index (χ2n) is 7.88. The van der Waals surface area contributed by atoms with E-state index in [2.05, 4.69) is 38.4 Å². The fourth-order valence-electron chi connectivity index (χ4n) is 4.27. The van der Waals surface area contributed by atoms with E-state index < -0.39 is 11.9 Å². The highest BCUT2D eigenvalue weighted by Crippen LogP contribution is 2.43. The first-order chi connectivity index (χ1) is 16.9. The van der Waals surface area contributed by atoms with E-state index in [0.29, 0.717) is 40.3 Å². The van der Waals surface area contributed by atoms with Crippen molar-refractivity contribution in [3.05, 3.63) is 109 Å². The molecule has 1 aliphatic heterocycles. The first kappa shape index (κ1) is 23.4. The summed E-state index contributed by atoms with van der Waals surface area (Å²) < 4.78 is 18.8. The van der Waals surface area contributed by atoms with Gasteiger partial charge in [-0.15, -0.1) is 0 Å². The molecule has 35 heavy (non-hydrogen) atoms. The van der Waals surface area contributed by atoms with Gasteiger partial charge in [-0.1, -0.05) is 56.6 Å². The molecule has 0 bridgehead atoms. The standard InChI is InChI=1S/C27H19Br2NO5/c1-3-11-34-21-9-7-15(12-22(21)33-2)24-23-25(31)19-14-17(29)8-10-20(19)35-26(23)27(32)30(24)18-6-4-5-16(28)13-18/h3-10,12-14,24H,1,11H2,2H3. The molecule has 0 saturated heterocycles. The summed E-state index contributed by atoms with van der Waals surface area (Å²) in [4.78, 5) is 29.1. The molecule has 1 atom stereocenters. The molecule has 0 aliphatic carbocycles. The summed E-state index contributed by atoms with van der Waals surface area (Å²) in [5.41, 5.74) is 1.68. The van der Waals surface area contributed by atoms with E-state index in [1.807, 2.05) is 30.3 Å². The molecule has 1 aliphatic rings. The summed E-state index contributed by atoms with van der Waals surface area (Å²) in [7, 11) is 1.54. The summed E-state index contributed by atoms with van der Waals surface area (Å²) in [6.07, 6.45) is 1.64. The molecule has 8 heteroatoms. The second-order valence-corrected chi connectivity index (χ2v) is 9.71. The lowest BCUT2D eigenvalue weighted by Gasteiger charge is -2.26. The van der Waals surface area contributed by atoms with Gasteiger partial charge in [0, 0.05) is 14.6 Å². The van der Waals surface area contributed by atoms with Crippen molar-refractivity contribution in [3.8, 4) is 11.5 Å². The predicted octanol–water partition coefficient (Wildman–Crippen LogP) is 6.64. The van der Waals surface area contributed by atoms with Gasteiger partial charge < -0.3 is 13.9 Å². The van der Waals surface area contributed by atoms with Crippen molar-refractivity contribution in [3.63, 3.8) is 0 Å². The molecule has 1 unspecified atom stereocenters. The Balaban J connectivity index is 1.77. The maximum absolute atomic E-state index is 13.8. The number of hydrogen-bond donors (Lipinski definition) is 0. The SMILES string of the molecule is C=CCOc1ccc(C2c3c(oc4ccc(Br)cc4c3=O)C(=O)N2c2cccc(Br)c2)cc1OC. The van der Waals surface area contributed by atoms with Gasteiger partial charge in [0.15, 0.2) is 16.9 Å². The van der Waals surface area contributed by atoms with Crippen LogP contribution in [-0.2, 0) is 0 Å². The van der Waals surface area contributed by atoms with E-state index in [1.165, 1.54) is 0 Å². The Morgan fingerprint density at radius 3 is 2.57 bits per heavy atom. The van der Waals surface area contributed by atoms with E-state index in [0.717, 1.165) is 8.95 Å². The topological polar surface area (TPSA) is 69.0 Å². The van der Waals surface area contributed by atoms with Crippen molar-refractivity contribution in [1.29, 1.82) is 0 Å². The van der Waals surface area contributed by atoms with Crippen LogP contribution in [0.2, 0.25) is 0 Å². The Labute approximate surface area is 218 Å². The third-order valence-corrected chi connectivity index (χ3v) is 6.77. The van der Waals surface area contributed by atoms with Crippen LogP contribution < -0.4 is 19.8 Å². The number of carbonyl (C=O) groups is 1. The van der Waals surface area contributed by atoms with Crippen LogP contribution in [0.5, 0.6) is 11.5 Å². The number of halogens is 2. The number of fused-ring (bicyclic) bond motifs is 2. The highest BCUT2D eigenvalue weighted by molar-refractivity contribution is 9.10. The van der Waals surface area contributed by atoms with Crippen LogP contribution in [0.4, 0.5) is 5.69 Å². The fourth-order valence-corrected chi connectivity index (χ4v) is 5.02. The average molecular weight is 597 g/mol. The van der Waals surface area contributed by atoms with Crippen molar-refractivity contribution in [2.45, 2.75) is 6.04 Å². The number of methoxy groups -OCH3 is 1. The Morgan fingerprint density at radius 1 is 1.03 bits per heavy atom. The van der Waals surface area contributed by atoms with Crippen LogP contribution >= 0.6 is 31.9 Å². The van der Waals surface area contributed by atoms with Crippen LogP contribution in [0.15, 0.2) is 91.5 Å². The molecule has 0 fully saturated rings. The zero-order valence-corrected chi connectivity index (χ0v) is 21.8. The number of amides is 1. The number of anilines is 1. The molecule has 2 heterocycles. The van der Waals surface area contributed by atoms with Crippen molar-refractivity contribution in [2.24, 2.45) is 0 Å². The Kier molecular flexibility index (Phi) is 6.25. The zero-order valence-electron chi connectivity index (χ0n) is 18.6. The third-order valence-electron chi connectivity index (χ3n) is 5.78. The van der Waals surface area contributed by atoms with E-state index in [-0.39, 0.29) is 16.8 Å². The van der Waals surface area contributed by atoms with Gasteiger partial charge in [-0.3, -0.25) is 14.5 Å². The normalized spacial score (nSPS) is 14.8. The van der Waals surface area contributed by atoms with Crippen LogP contribution in [-0.4, -0.2) is 19.6 Å². The Morgan fingerprint density at radius 2 is 1.83 bits per heavy atom. The molecule has 0 radical (unpaired) electrons. The number of rotatable bonds is 6. The Bertz CT molecular complexity index is 1540. The van der Waals surface area contributed by atoms with Gasteiger partial charge in [0.05, 0.1) is 24.1 Å². The van der Waals surface area contributed by atoms with Gasteiger partial charge in [-0.25, -0.2) is 0 Å².